The van der Waals surface area contributed by atoms with Crippen molar-refractivity contribution in [3.05, 3.63) is 41.7 Å². The van der Waals surface area contributed by atoms with Crippen LogP contribution >= 0.6 is 0 Å². The number of aromatic nitrogens is 1. The lowest BCUT2D eigenvalue weighted by Crippen LogP contribution is -2.35. The van der Waals surface area contributed by atoms with Gasteiger partial charge in [0.2, 0.25) is 5.91 Å². The first-order valence-electron chi connectivity index (χ1n) is 6.33. The SMILES string of the molecule is COc1ccccc1C(C)(C)C(=O)Nc1cc(C)on1. The first-order chi connectivity index (χ1) is 9.45. The van der Waals surface area contributed by atoms with E-state index in [9.17, 15) is 4.79 Å². The third-order valence-electron chi connectivity index (χ3n) is 3.22. The molecule has 1 aromatic carbocycles. The van der Waals surface area contributed by atoms with Crippen LogP contribution < -0.4 is 10.1 Å². The van der Waals surface area contributed by atoms with E-state index < -0.39 is 5.41 Å². The highest BCUT2D eigenvalue weighted by atomic mass is 16.5. The van der Waals surface area contributed by atoms with E-state index in [1.807, 2.05) is 38.1 Å². The standard InChI is InChI=1S/C15H18N2O3/c1-10-9-13(17-20-10)16-14(18)15(2,3)11-7-5-6-8-12(11)19-4/h5-9H,1-4H3,(H,16,17,18). The molecule has 5 nitrogen and oxygen atoms in total. The normalized spacial score (nSPS) is 11.2. The minimum absolute atomic E-state index is 0.171. The van der Waals surface area contributed by atoms with Gasteiger partial charge in [0, 0.05) is 11.6 Å². The fourth-order valence-corrected chi connectivity index (χ4v) is 1.98. The summed E-state index contributed by atoms with van der Waals surface area (Å²) in [5, 5.41) is 6.52. The summed E-state index contributed by atoms with van der Waals surface area (Å²) in [6.07, 6.45) is 0. The molecule has 0 unspecified atom stereocenters. The molecular weight excluding hydrogens is 256 g/mol. The maximum Gasteiger partial charge on any atom is 0.235 e. The molecule has 1 amide bonds. The molecule has 1 aromatic heterocycles. The zero-order chi connectivity index (χ0) is 14.8. The van der Waals surface area contributed by atoms with Crippen LogP contribution in [0, 0.1) is 6.92 Å². The maximum absolute atomic E-state index is 12.5. The Balaban J connectivity index is 2.27. The van der Waals surface area contributed by atoms with Crippen LogP contribution in [-0.4, -0.2) is 18.2 Å². The van der Waals surface area contributed by atoms with Gasteiger partial charge in [-0.1, -0.05) is 23.4 Å². The summed E-state index contributed by atoms with van der Waals surface area (Å²) in [5.41, 5.74) is 0.0691. The number of ether oxygens (including phenoxy) is 1. The van der Waals surface area contributed by atoms with E-state index in [0.717, 1.165) is 5.56 Å². The number of nitrogens with zero attached hydrogens (tertiary/aromatic N) is 1. The average molecular weight is 274 g/mol. The van der Waals surface area contributed by atoms with Crippen molar-refractivity contribution in [2.75, 3.05) is 12.4 Å². The molecule has 20 heavy (non-hydrogen) atoms. The van der Waals surface area contributed by atoms with E-state index in [2.05, 4.69) is 10.5 Å². The lowest BCUT2D eigenvalue weighted by atomic mass is 9.83. The summed E-state index contributed by atoms with van der Waals surface area (Å²) in [6.45, 7) is 5.45. The third kappa shape index (κ3) is 2.66. The first kappa shape index (κ1) is 14.1. The topological polar surface area (TPSA) is 64.4 Å². The van der Waals surface area contributed by atoms with Crippen LogP contribution in [-0.2, 0) is 10.2 Å². The van der Waals surface area contributed by atoms with Gasteiger partial charge in [0.15, 0.2) is 5.82 Å². The Kier molecular flexibility index (Phi) is 3.79. The Labute approximate surface area is 117 Å². The largest absolute Gasteiger partial charge is 0.496 e. The molecule has 1 N–H and O–H groups in total. The molecule has 0 saturated heterocycles. The highest BCUT2D eigenvalue weighted by Crippen LogP contribution is 2.32. The van der Waals surface area contributed by atoms with Gasteiger partial charge in [-0.15, -0.1) is 0 Å². The Morgan fingerprint density at radius 2 is 2.05 bits per heavy atom. The molecule has 0 fully saturated rings. The molecule has 0 bridgehead atoms. The average Bonchev–Trinajstić information content (AvgIpc) is 2.84. The van der Waals surface area contributed by atoms with Crippen LogP contribution in [0.1, 0.15) is 25.2 Å². The highest BCUT2D eigenvalue weighted by Gasteiger charge is 2.33. The van der Waals surface area contributed by atoms with E-state index in [1.54, 1.807) is 20.1 Å². The molecular formula is C15H18N2O3. The van der Waals surface area contributed by atoms with E-state index in [0.29, 0.717) is 17.3 Å². The van der Waals surface area contributed by atoms with Crippen molar-refractivity contribution in [1.29, 1.82) is 0 Å². The van der Waals surface area contributed by atoms with Crippen LogP contribution in [0.5, 0.6) is 5.75 Å². The van der Waals surface area contributed by atoms with E-state index in [1.165, 1.54) is 0 Å². The molecule has 0 atom stereocenters. The number of hydrogen-bond acceptors (Lipinski definition) is 4. The quantitative estimate of drug-likeness (QED) is 0.931. The van der Waals surface area contributed by atoms with Crippen molar-refractivity contribution in [3.8, 4) is 5.75 Å². The van der Waals surface area contributed by atoms with Gasteiger partial charge in [0.25, 0.3) is 0 Å². The van der Waals surface area contributed by atoms with Crippen molar-refractivity contribution in [2.45, 2.75) is 26.2 Å². The smallest absolute Gasteiger partial charge is 0.235 e. The number of amides is 1. The third-order valence-corrected chi connectivity index (χ3v) is 3.22. The van der Waals surface area contributed by atoms with Crippen LogP contribution in [0.4, 0.5) is 5.82 Å². The lowest BCUT2D eigenvalue weighted by molar-refractivity contribution is -0.120. The highest BCUT2D eigenvalue weighted by molar-refractivity contribution is 5.98. The number of methoxy groups -OCH3 is 1. The first-order valence-corrected chi connectivity index (χ1v) is 6.33. The van der Waals surface area contributed by atoms with Crippen molar-refractivity contribution < 1.29 is 14.1 Å². The molecule has 0 radical (unpaired) electrons. The number of anilines is 1. The Morgan fingerprint density at radius 3 is 2.65 bits per heavy atom. The van der Waals surface area contributed by atoms with Gasteiger partial charge in [-0.3, -0.25) is 4.79 Å². The zero-order valence-corrected chi connectivity index (χ0v) is 12.1. The van der Waals surface area contributed by atoms with Gasteiger partial charge >= 0.3 is 0 Å². The minimum Gasteiger partial charge on any atom is -0.496 e. The van der Waals surface area contributed by atoms with Gasteiger partial charge in [-0.05, 0) is 26.8 Å². The molecule has 5 heteroatoms. The Morgan fingerprint density at radius 1 is 1.35 bits per heavy atom. The van der Waals surface area contributed by atoms with Crippen molar-refractivity contribution >= 4 is 11.7 Å². The summed E-state index contributed by atoms with van der Waals surface area (Å²) < 4.78 is 10.3. The molecule has 1 heterocycles. The molecule has 0 aliphatic carbocycles. The predicted octanol–water partition coefficient (Wildman–Crippen LogP) is 2.91. The Hall–Kier alpha value is -2.30. The summed E-state index contributed by atoms with van der Waals surface area (Å²) >= 11 is 0. The fourth-order valence-electron chi connectivity index (χ4n) is 1.98. The van der Waals surface area contributed by atoms with Gasteiger partial charge in [-0.25, -0.2) is 0 Å². The predicted molar refractivity (Wildman–Crippen MR) is 75.9 cm³/mol. The second-order valence-corrected chi connectivity index (χ2v) is 5.10. The van der Waals surface area contributed by atoms with Crippen molar-refractivity contribution in [1.82, 2.24) is 5.16 Å². The number of carbonyl (C=O) groups excluding carboxylic acids is 1. The molecule has 0 saturated carbocycles. The number of aryl methyl sites for hydroxylation is 1. The second-order valence-electron chi connectivity index (χ2n) is 5.10. The molecule has 0 aliphatic rings. The van der Waals surface area contributed by atoms with E-state index >= 15 is 0 Å². The second kappa shape index (κ2) is 5.36. The summed E-state index contributed by atoms with van der Waals surface area (Å²) in [5.74, 6) is 1.57. The Bertz CT molecular complexity index is 617. The zero-order valence-electron chi connectivity index (χ0n) is 12.1. The van der Waals surface area contributed by atoms with Gasteiger partial charge in [0.1, 0.15) is 11.5 Å². The van der Waals surface area contributed by atoms with E-state index in [4.69, 9.17) is 9.26 Å². The van der Waals surface area contributed by atoms with Crippen LogP contribution in [0.15, 0.2) is 34.9 Å². The molecule has 2 aromatic rings. The van der Waals surface area contributed by atoms with E-state index in [-0.39, 0.29) is 5.91 Å². The monoisotopic (exact) mass is 274 g/mol. The molecule has 106 valence electrons. The minimum atomic E-state index is -0.751. The number of carbonyl (C=O) groups is 1. The fraction of sp³-hybridized carbons (Fsp3) is 0.333. The van der Waals surface area contributed by atoms with Crippen molar-refractivity contribution in [2.24, 2.45) is 0 Å². The van der Waals surface area contributed by atoms with Gasteiger partial charge in [-0.2, -0.15) is 0 Å². The summed E-state index contributed by atoms with van der Waals surface area (Å²) in [6, 6.07) is 9.15. The maximum atomic E-state index is 12.5. The lowest BCUT2D eigenvalue weighted by Gasteiger charge is -2.25. The van der Waals surface area contributed by atoms with Crippen LogP contribution in [0.3, 0.4) is 0 Å². The molecule has 0 aliphatic heterocycles. The van der Waals surface area contributed by atoms with Gasteiger partial charge < -0.3 is 14.6 Å². The van der Waals surface area contributed by atoms with Crippen molar-refractivity contribution in [3.63, 3.8) is 0 Å². The number of hydrogen-bond donors (Lipinski definition) is 1. The summed E-state index contributed by atoms with van der Waals surface area (Å²) in [4.78, 5) is 12.5. The number of para-hydroxylation sites is 1. The van der Waals surface area contributed by atoms with Gasteiger partial charge in [0.05, 0.1) is 12.5 Å². The van der Waals surface area contributed by atoms with Crippen LogP contribution in [0.25, 0.3) is 0 Å². The number of nitrogens with one attached hydrogen (secondary N) is 1. The summed E-state index contributed by atoms with van der Waals surface area (Å²) in [7, 11) is 1.59. The number of benzene rings is 1. The van der Waals surface area contributed by atoms with Crippen LogP contribution in [0.2, 0.25) is 0 Å². The molecule has 2 rings (SSSR count). The number of rotatable bonds is 4. The molecule has 0 spiro atoms.